The first-order valence-electron chi connectivity index (χ1n) is 7.73. The lowest BCUT2D eigenvalue weighted by Gasteiger charge is -2.14. The molecule has 3 N–H and O–H groups in total. The van der Waals surface area contributed by atoms with Crippen LogP contribution < -0.4 is 16.2 Å². The molecule has 0 fully saturated rings. The third-order valence-corrected chi connectivity index (χ3v) is 3.88. The van der Waals surface area contributed by atoms with Crippen LogP contribution >= 0.6 is 11.6 Å². The lowest BCUT2D eigenvalue weighted by molar-refractivity contribution is 0.187. The minimum Gasteiger partial charge on any atom is -0.453 e. The van der Waals surface area contributed by atoms with Gasteiger partial charge in [0.15, 0.2) is 0 Å². The van der Waals surface area contributed by atoms with Gasteiger partial charge in [-0.05, 0) is 31.2 Å². The number of methoxy groups -OCH3 is 1. The molecule has 0 unspecified atom stereocenters. The van der Waals surface area contributed by atoms with E-state index in [0.29, 0.717) is 33.3 Å². The number of amides is 1. The lowest BCUT2D eigenvalue weighted by atomic mass is 10.2. The fraction of sp³-hybridized carbons (Fsp3) is 0.176. The van der Waals surface area contributed by atoms with Gasteiger partial charge < -0.3 is 15.0 Å². The van der Waals surface area contributed by atoms with Crippen LogP contribution in [0.25, 0.3) is 11.0 Å². The minimum absolute atomic E-state index is 0.299. The van der Waals surface area contributed by atoms with Crippen LogP contribution in [-0.2, 0) is 4.74 Å². The number of carbonyl (C=O) groups is 1. The van der Waals surface area contributed by atoms with Gasteiger partial charge in [-0.15, -0.1) is 0 Å². The zero-order valence-corrected chi connectivity index (χ0v) is 14.8. The fourth-order valence-corrected chi connectivity index (χ4v) is 2.58. The number of nitrogens with one attached hydrogen (secondary N) is 3. The van der Waals surface area contributed by atoms with Crippen LogP contribution in [-0.4, -0.2) is 28.2 Å². The van der Waals surface area contributed by atoms with Crippen LogP contribution in [0.2, 0.25) is 5.02 Å². The number of ether oxygens (including phenoxy) is 1. The van der Waals surface area contributed by atoms with Crippen molar-refractivity contribution in [1.29, 1.82) is 0 Å². The molecule has 9 heteroatoms. The number of nitrogens with zero attached hydrogens (tertiary/aromatic N) is 2. The molecule has 3 rings (SSSR count). The average Bonchev–Trinajstić information content (AvgIpc) is 2.61. The summed E-state index contributed by atoms with van der Waals surface area (Å²) in [6, 6.07) is 7.89. The number of hydrogen-bond acceptors (Lipinski definition) is 6. The average molecular weight is 374 g/mol. The molecule has 2 aromatic heterocycles. The van der Waals surface area contributed by atoms with E-state index in [4.69, 9.17) is 11.6 Å². The number of anilines is 2. The summed E-state index contributed by atoms with van der Waals surface area (Å²) >= 11 is 5.99. The van der Waals surface area contributed by atoms with Crippen molar-refractivity contribution in [1.82, 2.24) is 15.0 Å². The second-order valence-corrected chi connectivity index (χ2v) is 5.96. The van der Waals surface area contributed by atoms with Gasteiger partial charge in [-0.1, -0.05) is 11.6 Å². The maximum absolute atomic E-state index is 12.3. The highest BCUT2D eigenvalue weighted by Gasteiger charge is 2.14. The van der Waals surface area contributed by atoms with Crippen molar-refractivity contribution in [3.63, 3.8) is 0 Å². The second-order valence-electron chi connectivity index (χ2n) is 5.53. The molecule has 0 aliphatic carbocycles. The molecule has 134 valence electrons. The number of H-pyrrole nitrogens is 1. The zero-order valence-electron chi connectivity index (χ0n) is 14.0. The van der Waals surface area contributed by atoms with E-state index >= 15 is 0 Å². The summed E-state index contributed by atoms with van der Waals surface area (Å²) < 4.78 is 4.55. The third-order valence-electron chi connectivity index (χ3n) is 3.65. The number of hydrogen-bond donors (Lipinski definition) is 3. The molecule has 0 saturated carbocycles. The molecule has 0 saturated heterocycles. The molecule has 3 aromatic rings. The second kappa shape index (κ2) is 7.40. The first kappa shape index (κ1) is 17.7. The van der Waals surface area contributed by atoms with Gasteiger partial charge in [0.05, 0.1) is 24.2 Å². The summed E-state index contributed by atoms with van der Waals surface area (Å²) in [5.74, 6) is 0.471. The van der Waals surface area contributed by atoms with Gasteiger partial charge in [0.25, 0.3) is 5.56 Å². The predicted octanol–water partition coefficient (Wildman–Crippen LogP) is 3.32. The maximum atomic E-state index is 12.3. The van der Waals surface area contributed by atoms with E-state index in [-0.39, 0.29) is 5.56 Å². The summed E-state index contributed by atoms with van der Waals surface area (Å²) in [6.07, 6.45) is 0.942. The number of halogens is 1. The van der Waals surface area contributed by atoms with Crippen molar-refractivity contribution in [3.05, 3.63) is 57.6 Å². The Morgan fingerprint density at radius 1 is 1.31 bits per heavy atom. The van der Waals surface area contributed by atoms with Crippen LogP contribution in [0.3, 0.4) is 0 Å². The van der Waals surface area contributed by atoms with E-state index in [0.717, 1.165) is 0 Å². The maximum Gasteiger partial charge on any atom is 0.411 e. The van der Waals surface area contributed by atoms with E-state index in [9.17, 15) is 9.59 Å². The van der Waals surface area contributed by atoms with Gasteiger partial charge in [-0.3, -0.25) is 10.1 Å². The Balaban J connectivity index is 1.86. The monoisotopic (exact) mass is 373 g/mol. The van der Waals surface area contributed by atoms with E-state index in [2.05, 4.69) is 30.3 Å². The van der Waals surface area contributed by atoms with Gasteiger partial charge in [-0.2, -0.15) is 0 Å². The van der Waals surface area contributed by atoms with Crippen LogP contribution in [0.1, 0.15) is 18.7 Å². The number of benzene rings is 1. The van der Waals surface area contributed by atoms with Crippen molar-refractivity contribution in [3.8, 4) is 0 Å². The Hall–Kier alpha value is -3.13. The summed E-state index contributed by atoms with van der Waals surface area (Å²) in [7, 11) is 1.28. The van der Waals surface area contributed by atoms with Gasteiger partial charge >= 0.3 is 6.09 Å². The topological polar surface area (TPSA) is 109 Å². The summed E-state index contributed by atoms with van der Waals surface area (Å²) in [5, 5.41) is 6.17. The Kier molecular flexibility index (Phi) is 5.04. The molecule has 1 atom stereocenters. The molecule has 0 aliphatic rings. The molecular weight excluding hydrogens is 358 g/mol. The van der Waals surface area contributed by atoms with E-state index in [1.54, 1.807) is 37.3 Å². The van der Waals surface area contributed by atoms with Crippen LogP contribution in [0, 0.1) is 0 Å². The molecular formula is C17H16ClN5O3. The molecule has 0 aliphatic heterocycles. The molecule has 2 heterocycles. The van der Waals surface area contributed by atoms with Crippen LogP contribution in [0.15, 0.2) is 41.3 Å². The molecule has 0 bridgehead atoms. The highest BCUT2D eigenvalue weighted by molar-refractivity contribution is 6.31. The normalized spacial score (nSPS) is 11.8. The highest BCUT2D eigenvalue weighted by Crippen LogP contribution is 2.20. The number of aromatic amines is 1. The third kappa shape index (κ3) is 3.92. The van der Waals surface area contributed by atoms with Crippen molar-refractivity contribution in [2.24, 2.45) is 0 Å². The summed E-state index contributed by atoms with van der Waals surface area (Å²) in [6.45, 7) is 1.79. The van der Waals surface area contributed by atoms with E-state index in [1.807, 2.05) is 0 Å². The van der Waals surface area contributed by atoms with E-state index < -0.39 is 12.1 Å². The Morgan fingerprint density at radius 3 is 2.88 bits per heavy atom. The summed E-state index contributed by atoms with van der Waals surface area (Å²) in [5.41, 5.74) is 1.71. The number of carbonyl (C=O) groups excluding carboxylic acids is 1. The van der Waals surface area contributed by atoms with Crippen LogP contribution in [0.5, 0.6) is 0 Å². The van der Waals surface area contributed by atoms with Crippen molar-refractivity contribution < 1.29 is 9.53 Å². The molecule has 26 heavy (non-hydrogen) atoms. The van der Waals surface area contributed by atoms with Crippen molar-refractivity contribution in [2.45, 2.75) is 13.0 Å². The quantitative estimate of drug-likeness (QED) is 0.647. The number of rotatable bonds is 4. The first-order chi connectivity index (χ1) is 12.5. The molecule has 1 amide bonds. The fourth-order valence-electron chi connectivity index (χ4n) is 2.41. The van der Waals surface area contributed by atoms with Crippen molar-refractivity contribution >= 4 is 40.2 Å². The lowest BCUT2D eigenvalue weighted by Crippen LogP contribution is -2.22. The minimum atomic E-state index is -0.584. The zero-order chi connectivity index (χ0) is 18.7. The Labute approximate surface area is 153 Å². The Morgan fingerprint density at radius 2 is 2.12 bits per heavy atom. The smallest absolute Gasteiger partial charge is 0.411 e. The summed E-state index contributed by atoms with van der Waals surface area (Å²) in [4.78, 5) is 35.0. The van der Waals surface area contributed by atoms with Gasteiger partial charge in [0.1, 0.15) is 11.5 Å². The van der Waals surface area contributed by atoms with Crippen LogP contribution in [0.4, 0.5) is 16.3 Å². The number of pyridine rings is 1. The molecule has 0 radical (unpaired) electrons. The molecule has 0 spiro atoms. The highest BCUT2D eigenvalue weighted by atomic mass is 35.5. The number of aromatic nitrogens is 3. The molecule has 1 aromatic carbocycles. The standard InChI is InChI=1S/C17H16ClN5O3/c1-9(20-14-8-11(5-6-19-14)21-17(25)26-2)15-16(24)23-12-4-3-10(18)7-13(12)22-15/h3-9H,1-2H3,(H,23,24)(H2,19,20,21,25)/t9-/m0/s1. The van der Waals surface area contributed by atoms with Gasteiger partial charge in [0, 0.05) is 23.0 Å². The largest absolute Gasteiger partial charge is 0.453 e. The Bertz CT molecular complexity index is 1020. The van der Waals surface area contributed by atoms with Gasteiger partial charge in [0.2, 0.25) is 0 Å². The van der Waals surface area contributed by atoms with E-state index in [1.165, 1.54) is 13.3 Å². The first-order valence-corrected chi connectivity index (χ1v) is 8.11. The van der Waals surface area contributed by atoms with Crippen molar-refractivity contribution in [2.75, 3.05) is 17.7 Å². The molecule has 8 nitrogen and oxygen atoms in total. The SMILES string of the molecule is COC(=O)Nc1ccnc(N[C@@H](C)c2nc3cc(Cl)ccc3[nH]c2=O)c1. The van der Waals surface area contributed by atoms with Gasteiger partial charge in [-0.25, -0.2) is 14.8 Å². The number of fused-ring (bicyclic) bond motifs is 1. The predicted molar refractivity (Wildman–Crippen MR) is 99.7 cm³/mol.